The van der Waals surface area contributed by atoms with Gasteiger partial charge in [-0.2, -0.15) is 0 Å². The monoisotopic (exact) mass is 411 g/mol. The van der Waals surface area contributed by atoms with Gasteiger partial charge in [0, 0.05) is 6.54 Å². The van der Waals surface area contributed by atoms with Crippen LogP contribution in [0.5, 0.6) is 0 Å². The molecule has 4 nitrogen and oxygen atoms in total. The van der Waals surface area contributed by atoms with Gasteiger partial charge in [-0.15, -0.1) is 0 Å². The first-order chi connectivity index (χ1) is 13.3. The Morgan fingerprint density at radius 3 is 1.89 bits per heavy atom. The van der Waals surface area contributed by atoms with Gasteiger partial charge in [-0.05, 0) is 54.5 Å². The second kappa shape index (κ2) is 8.30. The van der Waals surface area contributed by atoms with Crippen LogP contribution < -0.4 is 9.49 Å². The maximum absolute atomic E-state index is 13.3. The summed E-state index contributed by atoms with van der Waals surface area (Å²) in [6.45, 7) is 4.02. The van der Waals surface area contributed by atoms with E-state index in [0.717, 1.165) is 10.8 Å². The highest BCUT2D eigenvalue weighted by molar-refractivity contribution is 7.92. The van der Waals surface area contributed by atoms with E-state index >= 15 is 0 Å². The predicted molar refractivity (Wildman–Crippen MR) is 117 cm³/mol. The van der Waals surface area contributed by atoms with Crippen molar-refractivity contribution in [3.8, 4) is 0 Å². The molecule has 0 unspecified atom stereocenters. The molecule has 0 amide bonds. The number of rotatable bonds is 7. The van der Waals surface area contributed by atoms with Crippen LogP contribution in [0.4, 0.5) is 5.69 Å². The quantitative estimate of drug-likeness (QED) is 0.605. The summed E-state index contributed by atoms with van der Waals surface area (Å²) in [5, 5.41) is 0.872. The first-order valence-electron chi connectivity index (χ1n) is 9.23. The summed E-state index contributed by atoms with van der Waals surface area (Å²) < 4.78 is 28.1. The van der Waals surface area contributed by atoms with E-state index in [-0.39, 0.29) is 4.90 Å². The van der Waals surface area contributed by atoms with Gasteiger partial charge in [-0.3, -0.25) is 4.31 Å². The van der Waals surface area contributed by atoms with Gasteiger partial charge in [0.15, 0.2) is 0 Å². The van der Waals surface area contributed by atoms with Gasteiger partial charge in [0.05, 0.1) is 10.6 Å². The largest absolute Gasteiger partial charge is 0.428 e. The average Bonchev–Trinajstić information content (AvgIpc) is 2.69. The molecule has 0 aliphatic heterocycles. The molecule has 146 valence electrons. The fourth-order valence-corrected chi connectivity index (χ4v) is 5.49. The van der Waals surface area contributed by atoms with Crippen molar-refractivity contribution < 1.29 is 13.2 Å². The number of hydrogen-bond acceptors (Lipinski definition) is 3. The van der Waals surface area contributed by atoms with Crippen LogP contribution in [-0.4, -0.2) is 28.1 Å². The second-order valence-electron chi connectivity index (χ2n) is 7.23. The van der Waals surface area contributed by atoms with E-state index in [9.17, 15) is 13.2 Å². The minimum atomic E-state index is -3.69. The van der Waals surface area contributed by atoms with Crippen molar-refractivity contribution in [2.45, 2.75) is 24.4 Å². The maximum Gasteiger partial charge on any atom is 0.264 e. The van der Waals surface area contributed by atoms with Crippen molar-refractivity contribution >= 4 is 29.2 Å². The van der Waals surface area contributed by atoms with Crippen LogP contribution >= 0.6 is 0 Å². The minimum absolute atomic E-state index is 0.268. The number of sulfonamides is 1. The molecule has 1 N–H and O–H groups in total. The molecule has 0 aliphatic carbocycles. The molecule has 0 aliphatic rings. The summed E-state index contributed by atoms with van der Waals surface area (Å²) in [5.74, 6) is 0. The first-order valence-corrected chi connectivity index (χ1v) is 13.6. The Kier molecular flexibility index (Phi) is 6.03. The zero-order valence-corrected chi connectivity index (χ0v) is 17.9. The van der Waals surface area contributed by atoms with E-state index in [1.54, 1.807) is 42.5 Å². The molecule has 28 heavy (non-hydrogen) atoms. The van der Waals surface area contributed by atoms with E-state index in [4.69, 9.17) is 0 Å². The highest BCUT2D eigenvalue weighted by Crippen LogP contribution is 2.24. The van der Waals surface area contributed by atoms with E-state index in [0.29, 0.717) is 18.7 Å². The first kappa shape index (κ1) is 20.3. The summed E-state index contributed by atoms with van der Waals surface area (Å²) >= 11 is 0. The molecule has 3 aromatic carbocycles. The Labute approximate surface area is 168 Å². The molecule has 0 bridgehead atoms. The van der Waals surface area contributed by atoms with E-state index in [1.165, 1.54) is 4.31 Å². The van der Waals surface area contributed by atoms with Crippen LogP contribution in [0.1, 0.15) is 5.56 Å². The number of hydrogen-bond donors (Lipinski definition) is 1. The molecule has 0 spiro atoms. The van der Waals surface area contributed by atoms with Crippen LogP contribution in [0.15, 0.2) is 89.8 Å². The van der Waals surface area contributed by atoms with Gasteiger partial charge in [0.1, 0.15) is 0 Å². The lowest BCUT2D eigenvalue weighted by Gasteiger charge is -2.25. The molecule has 0 radical (unpaired) electrons. The van der Waals surface area contributed by atoms with Crippen molar-refractivity contribution in [3.63, 3.8) is 0 Å². The van der Waals surface area contributed by atoms with Crippen molar-refractivity contribution in [1.29, 1.82) is 0 Å². The predicted octanol–water partition coefficient (Wildman–Crippen LogP) is 3.53. The van der Waals surface area contributed by atoms with Crippen LogP contribution in [-0.2, 0) is 16.4 Å². The highest BCUT2D eigenvalue weighted by Gasteiger charge is 2.26. The Balaban J connectivity index is 1.97. The van der Waals surface area contributed by atoms with Gasteiger partial charge in [-0.1, -0.05) is 60.7 Å². The van der Waals surface area contributed by atoms with E-state index in [2.05, 4.69) is 0 Å². The zero-order chi connectivity index (χ0) is 20.2. The molecule has 0 atom stereocenters. The normalized spacial score (nSPS) is 12.0. The molecule has 0 saturated carbocycles. The number of nitrogens with zero attached hydrogens (tertiary/aromatic N) is 1. The average molecular weight is 412 g/mol. The van der Waals surface area contributed by atoms with Gasteiger partial charge >= 0.3 is 0 Å². The summed E-state index contributed by atoms with van der Waals surface area (Å²) in [6.07, 6.45) is 0.606. The van der Waals surface area contributed by atoms with Gasteiger partial charge < -0.3 is 4.80 Å². The molecule has 0 heterocycles. The lowest BCUT2D eigenvalue weighted by Crippen LogP contribution is -2.41. The molecule has 0 saturated heterocycles. The van der Waals surface area contributed by atoms with Crippen LogP contribution in [0.3, 0.4) is 0 Å². The third kappa shape index (κ3) is 4.70. The highest BCUT2D eigenvalue weighted by atomic mass is 32.2. The third-order valence-electron chi connectivity index (χ3n) is 4.64. The SMILES string of the molecule is C[Si](C)(O)c1ccc(N(CCc2ccccc2)S(=O)(=O)c2ccccc2)cc1. The van der Waals surface area contributed by atoms with Crippen molar-refractivity contribution in [2.24, 2.45) is 0 Å². The van der Waals surface area contributed by atoms with Crippen molar-refractivity contribution in [3.05, 3.63) is 90.5 Å². The van der Waals surface area contributed by atoms with Crippen molar-refractivity contribution in [2.75, 3.05) is 10.8 Å². The summed E-state index contributed by atoms with van der Waals surface area (Å²) in [5.41, 5.74) is 1.68. The fraction of sp³-hybridized carbons (Fsp3) is 0.182. The summed E-state index contributed by atoms with van der Waals surface area (Å²) in [4.78, 5) is 10.6. The third-order valence-corrected chi connectivity index (χ3v) is 8.23. The smallest absolute Gasteiger partial charge is 0.264 e. The minimum Gasteiger partial charge on any atom is -0.428 e. The molecule has 6 heteroatoms. The molecule has 3 aromatic rings. The zero-order valence-electron chi connectivity index (χ0n) is 16.1. The Bertz CT molecular complexity index is 999. The topological polar surface area (TPSA) is 57.6 Å². The molecule has 0 aromatic heterocycles. The van der Waals surface area contributed by atoms with E-state index in [1.807, 2.05) is 55.6 Å². The number of anilines is 1. The Hall–Kier alpha value is -2.41. The van der Waals surface area contributed by atoms with Gasteiger partial charge in [0.25, 0.3) is 10.0 Å². The molecular weight excluding hydrogens is 386 g/mol. The summed E-state index contributed by atoms with van der Waals surface area (Å²) in [7, 11) is -6.13. The Morgan fingerprint density at radius 2 is 1.36 bits per heavy atom. The molecular formula is C22H25NO3SSi. The van der Waals surface area contributed by atoms with Gasteiger partial charge in [-0.25, -0.2) is 8.42 Å². The summed E-state index contributed by atoms with van der Waals surface area (Å²) in [6, 6.07) is 25.6. The maximum atomic E-state index is 13.3. The van der Waals surface area contributed by atoms with Gasteiger partial charge in [0.2, 0.25) is 8.32 Å². The Morgan fingerprint density at radius 1 is 0.821 bits per heavy atom. The molecule has 0 fully saturated rings. The molecule has 3 rings (SSSR count). The standard InChI is InChI=1S/C22H25NO3SSi/c1-28(2,26)22-15-13-20(14-16-22)23(18-17-19-9-5-3-6-10-19)27(24,25)21-11-7-4-8-12-21/h3-16,26H,17-18H2,1-2H3. The van der Waals surface area contributed by atoms with Crippen molar-refractivity contribution in [1.82, 2.24) is 0 Å². The fourth-order valence-electron chi connectivity index (χ4n) is 3.02. The van der Waals surface area contributed by atoms with Crippen LogP contribution in [0, 0.1) is 0 Å². The van der Waals surface area contributed by atoms with Crippen LogP contribution in [0.25, 0.3) is 0 Å². The van der Waals surface area contributed by atoms with E-state index < -0.39 is 18.3 Å². The number of benzene rings is 3. The lowest BCUT2D eigenvalue weighted by molar-refractivity contribution is 0.568. The second-order valence-corrected chi connectivity index (χ2v) is 12.8. The lowest BCUT2D eigenvalue weighted by atomic mass is 10.1. The van der Waals surface area contributed by atoms with Crippen LogP contribution in [0.2, 0.25) is 13.1 Å².